The highest BCUT2D eigenvalue weighted by Gasteiger charge is 2.35. The Morgan fingerprint density at radius 2 is 1.68 bits per heavy atom. The number of amides is 2. The smallest absolute Gasteiger partial charge is 0.417 e. The summed E-state index contributed by atoms with van der Waals surface area (Å²) in [6, 6.07) is 16.1. The fraction of sp³-hybridized carbons (Fsp3) is 0.0435. The fourth-order valence-electron chi connectivity index (χ4n) is 3.03. The molecule has 0 unspecified atom stereocenters. The molecule has 2 aromatic carbocycles. The third kappa shape index (κ3) is 4.92. The normalized spacial score (nSPS) is 15.5. The van der Waals surface area contributed by atoms with Crippen LogP contribution < -0.4 is 15.0 Å². The molecule has 34 heavy (non-hydrogen) atoms. The Hall–Kier alpha value is -3.76. The molecular weight excluding hydrogens is 491 g/mol. The first-order chi connectivity index (χ1) is 16.1. The molecule has 0 bridgehead atoms. The van der Waals surface area contributed by atoms with Crippen LogP contribution >= 0.6 is 23.8 Å². The first kappa shape index (κ1) is 23.4. The van der Waals surface area contributed by atoms with E-state index in [0.717, 1.165) is 11.0 Å². The second kappa shape index (κ2) is 9.24. The van der Waals surface area contributed by atoms with E-state index >= 15 is 0 Å². The van der Waals surface area contributed by atoms with E-state index < -0.39 is 29.1 Å². The van der Waals surface area contributed by atoms with Crippen molar-refractivity contribution in [3.8, 4) is 11.5 Å². The van der Waals surface area contributed by atoms with Gasteiger partial charge in [-0.2, -0.15) is 13.2 Å². The molecule has 0 aliphatic carbocycles. The Balaban J connectivity index is 1.61. The van der Waals surface area contributed by atoms with Gasteiger partial charge in [-0.25, -0.2) is 0 Å². The predicted molar refractivity (Wildman–Crippen MR) is 123 cm³/mol. The molecule has 11 heteroatoms. The van der Waals surface area contributed by atoms with Gasteiger partial charge in [-0.15, -0.1) is 0 Å². The van der Waals surface area contributed by atoms with E-state index in [-0.39, 0.29) is 15.8 Å². The highest BCUT2D eigenvalue weighted by molar-refractivity contribution is 7.80. The number of nitrogens with zero attached hydrogens (tertiary/aromatic N) is 2. The molecule has 4 rings (SSSR count). The molecule has 1 aliphatic rings. The lowest BCUT2D eigenvalue weighted by molar-refractivity contribution is -0.137. The summed E-state index contributed by atoms with van der Waals surface area (Å²) >= 11 is 11.1. The number of carbonyl (C=O) groups is 2. The summed E-state index contributed by atoms with van der Waals surface area (Å²) in [4.78, 5) is 30.2. The Kier molecular flexibility index (Phi) is 6.36. The van der Waals surface area contributed by atoms with Crippen LogP contribution in [-0.4, -0.2) is 21.9 Å². The topological polar surface area (TPSA) is 71.5 Å². The third-order valence-corrected chi connectivity index (χ3v) is 5.24. The summed E-state index contributed by atoms with van der Waals surface area (Å²) in [5.41, 5.74) is -1.28. The summed E-state index contributed by atoms with van der Waals surface area (Å²) in [5.74, 6) is -0.486. The van der Waals surface area contributed by atoms with Crippen LogP contribution in [0.5, 0.6) is 11.5 Å². The van der Waals surface area contributed by atoms with Gasteiger partial charge in [0.05, 0.1) is 22.0 Å². The second-order valence-corrected chi connectivity index (χ2v) is 7.75. The first-order valence-corrected chi connectivity index (χ1v) is 10.4. The molecule has 1 N–H and O–H groups in total. The number of aromatic nitrogens is 1. The van der Waals surface area contributed by atoms with Gasteiger partial charge in [-0.05, 0) is 60.8 Å². The zero-order chi connectivity index (χ0) is 24.5. The number of pyridine rings is 1. The van der Waals surface area contributed by atoms with E-state index in [1.807, 2.05) is 18.2 Å². The highest BCUT2D eigenvalue weighted by Crippen LogP contribution is 2.32. The van der Waals surface area contributed by atoms with E-state index in [1.165, 1.54) is 0 Å². The van der Waals surface area contributed by atoms with Gasteiger partial charge in [0.15, 0.2) is 5.11 Å². The number of hydrogen-bond donors (Lipinski definition) is 1. The van der Waals surface area contributed by atoms with Gasteiger partial charge < -0.3 is 4.74 Å². The molecule has 1 aliphatic heterocycles. The number of nitrogens with one attached hydrogen (secondary N) is 1. The van der Waals surface area contributed by atoms with Gasteiger partial charge in [-0.3, -0.25) is 24.8 Å². The van der Waals surface area contributed by atoms with Gasteiger partial charge in [0.2, 0.25) is 0 Å². The monoisotopic (exact) mass is 503 g/mol. The van der Waals surface area contributed by atoms with E-state index in [9.17, 15) is 22.8 Å². The van der Waals surface area contributed by atoms with Crippen LogP contribution in [0.15, 0.2) is 72.4 Å². The number of anilines is 1. The third-order valence-electron chi connectivity index (χ3n) is 4.65. The molecule has 6 nitrogen and oxygen atoms in total. The highest BCUT2D eigenvalue weighted by atomic mass is 35.5. The zero-order valence-corrected chi connectivity index (χ0v) is 18.5. The number of halogens is 4. The molecule has 1 aromatic heterocycles. The summed E-state index contributed by atoms with van der Waals surface area (Å²) in [7, 11) is 0. The number of ether oxygens (including phenoxy) is 1. The molecule has 1 fully saturated rings. The first-order valence-electron chi connectivity index (χ1n) is 9.60. The molecule has 1 saturated heterocycles. The number of alkyl halides is 3. The lowest BCUT2D eigenvalue weighted by Crippen LogP contribution is -2.54. The minimum atomic E-state index is -4.64. The van der Waals surface area contributed by atoms with Crippen LogP contribution in [0, 0.1) is 0 Å². The fourth-order valence-corrected chi connectivity index (χ4v) is 3.53. The van der Waals surface area contributed by atoms with Crippen LogP contribution in [0.1, 0.15) is 11.3 Å². The van der Waals surface area contributed by atoms with Gasteiger partial charge in [0.1, 0.15) is 17.1 Å². The second-order valence-electron chi connectivity index (χ2n) is 6.96. The largest absolute Gasteiger partial charge is 0.457 e. The number of hydrogen-bond acceptors (Lipinski definition) is 5. The quantitative estimate of drug-likeness (QED) is 0.294. The van der Waals surface area contributed by atoms with Crippen molar-refractivity contribution < 1.29 is 27.5 Å². The van der Waals surface area contributed by atoms with Crippen molar-refractivity contribution in [1.29, 1.82) is 0 Å². The van der Waals surface area contributed by atoms with Crippen LogP contribution in [-0.2, 0) is 15.8 Å². The van der Waals surface area contributed by atoms with Gasteiger partial charge in [0.25, 0.3) is 11.8 Å². The maximum Gasteiger partial charge on any atom is 0.417 e. The Morgan fingerprint density at radius 3 is 2.29 bits per heavy atom. The van der Waals surface area contributed by atoms with E-state index in [1.54, 1.807) is 36.4 Å². The summed E-state index contributed by atoms with van der Waals surface area (Å²) in [5, 5.41) is 1.86. The van der Waals surface area contributed by atoms with Crippen LogP contribution in [0.2, 0.25) is 5.02 Å². The van der Waals surface area contributed by atoms with Crippen LogP contribution in [0.25, 0.3) is 6.08 Å². The lowest BCUT2D eigenvalue weighted by atomic mass is 10.1. The zero-order valence-electron chi connectivity index (χ0n) is 17.0. The van der Waals surface area contributed by atoms with Crippen molar-refractivity contribution in [3.63, 3.8) is 0 Å². The Labute approximate surface area is 201 Å². The van der Waals surface area contributed by atoms with Gasteiger partial charge >= 0.3 is 6.18 Å². The van der Waals surface area contributed by atoms with E-state index in [2.05, 4.69) is 10.3 Å². The SMILES string of the molecule is O=C1NC(=S)N(c2ccc(Oc3ccccc3)cc2)C(=O)C1=Cc1ncc(C(F)(F)F)cc1Cl. The number of thiocarbonyl (C=S) groups is 1. The van der Waals surface area contributed by atoms with Crippen molar-refractivity contribution in [2.45, 2.75) is 6.18 Å². The molecule has 2 heterocycles. The molecule has 0 atom stereocenters. The maximum atomic E-state index is 13.1. The van der Waals surface area contributed by atoms with Crippen molar-refractivity contribution in [3.05, 3.63) is 88.7 Å². The molecule has 172 valence electrons. The van der Waals surface area contributed by atoms with Crippen molar-refractivity contribution in [1.82, 2.24) is 10.3 Å². The summed E-state index contributed by atoms with van der Waals surface area (Å²) in [6.07, 6.45) is -3.06. The summed E-state index contributed by atoms with van der Waals surface area (Å²) < 4.78 is 44.3. The van der Waals surface area contributed by atoms with Crippen molar-refractivity contribution >= 4 is 52.5 Å². The molecule has 0 spiro atoms. The molecule has 3 aromatic rings. The number of benzene rings is 2. The molecule has 0 radical (unpaired) electrons. The average Bonchev–Trinajstić information content (AvgIpc) is 2.78. The maximum absolute atomic E-state index is 13.1. The predicted octanol–water partition coefficient (Wildman–Crippen LogP) is 5.38. The number of carbonyl (C=O) groups excluding carboxylic acids is 2. The number of rotatable bonds is 4. The average molecular weight is 504 g/mol. The van der Waals surface area contributed by atoms with Gasteiger partial charge in [0, 0.05) is 6.20 Å². The van der Waals surface area contributed by atoms with Crippen LogP contribution in [0.3, 0.4) is 0 Å². The van der Waals surface area contributed by atoms with Crippen LogP contribution in [0.4, 0.5) is 18.9 Å². The minimum absolute atomic E-state index is 0.157. The molecule has 2 amide bonds. The molecule has 0 saturated carbocycles. The number of para-hydroxylation sites is 1. The minimum Gasteiger partial charge on any atom is -0.457 e. The van der Waals surface area contributed by atoms with Crippen molar-refractivity contribution in [2.75, 3.05) is 4.90 Å². The standard InChI is InChI=1S/C23H13ClF3N3O3S/c24-18-10-13(23(25,26)27)12-28-19(18)11-17-20(31)29-22(34)30(21(17)32)14-6-8-16(9-7-14)33-15-4-2-1-3-5-15/h1-12H,(H,29,31,34). The van der Waals surface area contributed by atoms with E-state index in [0.29, 0.717) is 29.4 Å². The molecular formula is C23H13ClF3N3O3S. The summed E-state index contributed by atoms with van der Waals surface area (Å²) in [6.45, 7) is 0. The lowest BCUT2D eigenvalue weighted by Gasteiger charge is -2.29. The van der Waals surface area contributed by atoms with Crippen molar-refractivity contribution in [2.24, 2.45) is 0 Å². The van der Waals surface area contributed by atoms with E-state index in [4.69, 9.17) is 28.6 Å². The Bertz CT molecular complexity index is 1310. The Morgan fingerprint density at radius 1 is 1.03 bits per heavy atom. The van der Waals surface area contributed by atoms with Gasteiger partial charge in [-0.1, -0.05) is 29.8 Å².